The van der Waals surface area contributed by atoms with Crippen LogP contribution in [0.5, 0.6) is 0 Å². The lowest BCUT2D eigenvalue weighted by Gasteiger charge is -2.18. The van der Waals surface area contributed by atoms with Gasteiger partial charge in [0.25, 0.3) is 0 Å². The van der Waals surface area contributed by atoms with Crippen molar-refractivity contribution in [2.45, 2.75) is 12.8 Å². The maximum atomic E-state index is 6.25. The molecule has 0 heterocycles. The maximum absolute atomic E-state index is 6.25. The summed E-state index contributed by atoms with van der Waals surface area (Å²) in [7, 11) is 2.03. The van der Waals surface area contributed by atoms with Crippen LogP contribution in [0.4, 0.5) is 0 Å². The summed E-state index contributed by atoms with van der Waals surface area (Å²) in [6.07, 6.45) is 0. The van der Waals surface area contributed by atoms with E-state index in [4.69, 9.17) is 23.2 Å². The van der Waals surface area contributed by atoms with E-state index in [1.54, 1.807) is 0 Å². The molecule has 0 aromatic heterocycles. The molecule has 1 unspecified atom stereocenters. The topological polar surface area (TPSA) is 3.24 Å². The van der Waals surface area contributed by atoms with Gasteiger partial charge in [-0.25, -0.2) is 0 Å². The number of hydrogen-bond donors (Lipinski definition) is 0. The van der Waals surface area contributed by atoms with E-state index in [0.29, 0.717) is 5.88 Å². The van der Waals surface area contributed by atoms with E-state index < -0.39 is 0 Å². The van der Waals surface area contributed by atoms with Crippen molar-refractivity contribution < 1.29 is 0 Å². The predicted octanol–water partition coefficient (Wildman–Crippen LogP) is 3.77. The van der Waals surface area contributed by atoms with E-state index in [-0.39, 0.29) is 12.8 Å². The van der Waals surface area contributed by atoms with Gasteiger partial charge >= 0.3 is 0 Å². The Labute approximate surface area is 103 Å². The first-order valence-corrected chi connectivity index (χ1v) is 5.64. The van der Waals surface area contributed by atoms with E-state index >= 15 is 0 Å². The van der Waals surface area contributed by atoms with Crippen LogP contribution in [0.3, 0.4) is 0 Å². The van der Waals surface area contributed by atoms with Crippen LogP contribution in [0.2, 0.25) is 0 Å². The lowest BCUT2D eigenvalue weighted by Crippen LogP contribution is -2.24. The molecule has 0 aliphatic heterocycles. The number of rotatable bonds is 5. The number of benzene rings is 1. The summed E-state index contributed by atoms with van der Waals surface area (Å²) in [5, 5.41) is 0.0458. The molecule has 0 saturated carbocycles. The molecule has 0 amide bonds. The van der Waals surface area contributed by atoms with Gasteiger partial charge in [0.1, 0.15) is 0 Å². The zero-order valence-corrected chi connectivity index (χ0v) is 9.80. The molecule has 0 aliphatic rings. The molecule has 1 aromatic rings. The molecule has 1 atom stereocenters. The molecule has 0 fully saturated rings. The largest absolute Gasteiger partial charge is 0.303 e. The lowest BCUT2D eigenvalue weighted by molar-refractivity contribution is 0.355. The summed E-state index contributed by atoms with van der Waals surface area (Å²) < 4.78 is 0. The molecule has 15 heavy (non-hydrogen) atoms. The van der Waals surface area contributed by atoms with Crippen LogP contribution < -0.4 is 0 Å². The Morgan fingerprint density at radius 3 is 2.40 bits per heavy atom. The number of nitrogens with zero attached hydrogens (tertiary/aromatic N) is 1. The van der Waals surface area contributed by atoms with Gasteiger partial charge < -0.3 is 4.90 Å². The SMILES string of the molecule is C.CN(CCCl)CC(Cl)c1ccccc1. The fraction of sp³-hybridized carbons (Fsp3) is 0.500. The minimum atomic E-state index is 0. The Morgan fingerprint density at radius 1 is 1.27 bits per heavy atom. The van der Waals surface area contributed by atoms with Gasteiger partial charge in [-0.05, 0) is 12.6 Å². The van der Waals surface area contributed by atoms with Crippen molar-refractivity contribution in [2.24, 2.45) is 0 Å². The van der Waals surface area contributed by atoms with Crippen molar-refractivity contribution in [3.05, 3.63) is 35.9 Å². The normalized spacial score (nSPS) is 12.3. The zero-order chi connectivity index (χ0) is 10.4. The summed E-state index contributed by atoms with van der Waals surface area (Å²) in [4.78, 5) is 2.14. The van der Waals surface area contributed by atoms with Crippen molar-refractivity contribution in [3.8, 4) is 0 Å². The Kier molecular flexibility index (Phi) is 7.85. The van der Waals surface area contributed by atoms with E-state index in [1.165, 1.54) is 0 Å². The minimum absolute atomic E-state index is 0. The van der Waals surface area contributed by atoms with E-state index in [0.717, 1.165) is 18.7 Å². The Morgan fingerprint density at radius 2 is 1.87 bits per heavy atom. The Hall–Kier alpha value is -0.240. The number of likely N-dealkylation sites (N-methyl/N-ethyl adjacent to an activating group) is 1. The van der Waals surface area contributed by atoms with E-state index in [9.17, 15) is 0 Å². The average Bonchev–Trinajstić information content (AvgIpc) is 2.19. The van der Waals surface area contributed by atoms with Crippen molar-refractivity contribution in [3.63, 3.8) is 0 Å². The van der Waals surface area contributed by atoms with Gasteiger partial charge in [-0.15, -0.1) is 23.2 Å². The summed E-state index contributed by atoms with van der Waals surface area (Å²) in [5.41, 5.74) is 1.16. The fourth-order valence-electron chi connectivity index (χ4n) is 1.28. The molecular weight excluding hydrogens is 229 g/mol. The van der Waals surface area contributed by atoms with Gasteiger partial charge in [0.05, 0.1) is 5.38 Å². The smallest absolute Gasteiger partial charge is 0.0712 e. The quantitative estimate of drug-likeness (QED) is 0.717. The van der Waals surface area contributed by atoms with E-state index in [2.05, 4.69) is 4.90 Å². The molecule has 1 nitrogen and oxygen atoms in total. The first-order valence-electron chi connectivity index (χ1n) is 4.67. The molecule has 0 N–H and O–H groups in total. The Bertz CT molecular complexity index is 251. The minimum Gasteiger partial charge on any atom is -0.303 e. The van der Waals surface area contributed by atoms with Gasteiger partial charge in [-0.3, -0.25) is 0 Å². The van der Waals surface area contributed by atoms with Gasteiger partial charge in [0.15, 0.2) is 0 Å². The van der Waals surface area contributed by atoms with Crippen molar-refractivity contribution in [2.75, 3.05) is 26.0 Å². The first-order chi connectivity index (χ1) is 6.74. The lowest BCUT2D eigenvalue weighted by atomic mass is 10.1. The second kappa shape index (κ2) is 7.98. The molecule has 86 valence electrons. The van der Waals surface area contributed by atoms with Crippen LogP contribution in [0.1, 0.15) is 18.4 Å². The zero-order valence-electron chi connectivity index (χ0n) is 8.29. The second-order valence-electron chi connectivity index (χ2n) is 3.33. The number of hydrogen-bond acceptors (Lipinski definition) is 1. The van der Waals surface area contributed by atoms with Gasteiger partial charge in [-0.2, -0.15) is 0 Å². The molecule has 0 aliphatic carbocycles. The molecular formula is C12H19Cl2N. The predicted molar refractivity (Wildman–Crippen MR) is 70.0 cm³/mol. The summed E-state index contributed by atoms with van der Waals surface area (Å²) >= 11 is 11.9. The number of halogens is 2. The van der Waals surface area contributed by atoms with Gasteiger partial charge in [0.2, 0.25) is 0 Å². The van der Waals surface area contributed by atoms with Crippen LogP contribution in [-0.4, -0.2) is 30.9 Å². The van der Waals surface area contributed by atoms with Crippen molar-refractivity contribution >= 4 is 23.2 Å². The van der Waals surface area contributed by atoms with Gasteiger partial charge in [-0.1, -0.05) is 37.8 Å². The first kappa shape index (κ1) is 14.8. The van der Waals surface area contributed by atoms with Crippen LogP contribution in [0.15, 0.2) is 30.3 Å². The fourth-order valence-corrected chi connectivity index (χ4v) is 1.95. The molecule has 0 bridgehead atoms. The highest BCUT2D eigenvalue weighted by Gasteiger charge is 2.09. The van der Waals surface area contributed by atoms with Gasteiger partial charge in [0, 0.05) is 19.0 Å². The van der Waals surface area contributed by atoms with E-state index in [1.807, 2.05) is 37.4 Å². The third-order valence-electron chi connectivity index (χ3n) is 2.10. The van der Waals surface area contributed by atoms with Crippen molar-refractivity contribution in [1.29, 1.82) is 0 Å². The molecule has 0 radical (unpaired) electrons. The maximum Gasteiger partial charge on any atom is 0.0712 e. The second-order valence-corrected chi connectivity index (χ2v) is 4.23. The average molecular weight is 248 g/mol. The van der Waals surface area contributed by atoms with Crippen molar-refractivity contribution in [1.82, 2.24) is 4.90 Å². The third kappa shape index (κ3) is 5.41. The highest BCUT2D eigenvalue weighted by molar-refractivity contribution is 6.21. The molecule has 1 aromatic carbocycles. The summed E-state index contributed by atoms with van der Waals surface area (Å²) in [6, 6.07) is 10.1. The van der Waals surface area contributed by atoms with Crippen LogP contribution >= 0.6 is 23.2 Å². The highest BCUT2D eigenvalue weighted by atomic mass is 35.5. The van der Waals surface area contributed by atoms with Crippen LogP contribution in [0, 0.1) is 0 Å². The van der Waals surface area contributed by atoms with Crippen LogP contribution in [0.25, 0.3) is 0 Å². The summed E-state index contributed by atoms with van der Waals surface area (Å²) in [6.45, 7) is 1.70. The molecule has 0 saturated heterocycles. The molecule has 3 heteroatoms. The Balaban J connectivity index is 0.00000196. The monoisotopic (exact) mass is 247 g/mol. The standard InChI is InChI=1S/C11H15Cl2N.CH4/c1-14(8-7-12)9-11(13)10-5-3-2-4-6-10;/h2-6,11H,7-9H2,1H3;1H4. The third-order valence-corrected chi connectivity index (χ3v) is 2.66. The molecule has 0 spiro atoms. The number of alkyl halides is 2. The van der Waals surface area contributed by atoms with Crippen LogP contribution in [-0.2, 0) is 0 Å². The highest BCUT2D eigenvalue weighted by Crippen LogP contribution is 2.20. The summed E-state index contributed by atoms with van der Waals surface area (Å²) in [5.74, 6) is 0.648. The molecule has 1 rings (SSSR count).